The number of rotatable bonds is 3. The third-order valence-corrected chi connectivity index (χ3v) is 7.96. The first kappa shape index (κ1) is 21.8. The fourth-order valence-corrected chi connectivity index (χ4v) is 6.09. The lowest BCUT2D eigenvalue weighted by Crippen LogP contribution is -2.38. The smallest absolute Gasteiger partial charge is 0.271 e. The fraction of sp³-hybridized carbons (Fsp3) is 0.200. The van der Waals surface area contributed by atoms with Gasteiger partial charge in [0.05, 0.1) is 16.3 Å². The van der Waals surface area contributed by atoms with Gasteiger partial charge in [-0.25, -0.2) is 4.99 Å². The van der Waals surface area contributed by atoms with E-state index >= 15 is 0 Å². The Morgan fingerprint density at radius 1 is 0.971 bits per heavy atom. The minimum atomic E-state index is -0.131. The molecular weight excluding hydrogens is 450 g/mol. The van der Waals surface area contributed by atoms with E-state index in [2.05, 4.69) is 84.6 Å². The molecule has 5 heteroatoms. The molecule has 0 fully saturated rings. The molecule has 0 amide bonds. The van der Waals surface area contributed by atoms with E-state index in [1.165, 1.54) is 33.6 Å². The molecule has 4 aromatic rings. The van der Waals surface area contributed by atoms with Crippen LogP contribution >= 0.6 is 11.3 Å². The number of nitrogens with zero attached hydrogens (tertiary/aromatic N) is 3. The van der Waals surface area contributed by atoms with Crippen LogP contribution in [0.3, 0.4) is 0 Å². The highest BCUT2D eigenvalue weighted by Gasteiger charge is 2.32. The molecule has 2 aliphatic rings. The van der Waals surface area contributed by atoms with Gasteiger partial charge in [0.2, 0.25) is 0 Å². The van der Waals surface area contributed by atoms with Crippen molar-refractivity contribution < 1.29 is 0 Å². The van der Waals surface area contributed by atoms with Crippen LogP contribution in [0.5, 0.6) is 0 Å². The topological polar surface area (TPSA) is 37.6 Å². The van der Waals surface area contributed by atoms with Crippen LogP contribution in [-0.4, -0.2) is 18.7 Å². The predicted octanol–water partition coefficient (Wildman–Crippen LogP) is 4.69. The van der Waals surface area contributed by atoms with E-state index in [-0.39, 0.29) is 11.6 Å². The molecule has 0 N–H and O–H groups in total. The predicted molar refractivity (Wildman–Crippen MR) is 145 cm³/mol. The quantitative estimate of drug-likeness (QED) is 0.429. The van der Waals surface area contributed by atoms with Gasteiger partial charge in [-0.1, -0.05) is 77.6 Å². The number of aromatic nitrogens is 1. The first-order chi connectivity index (χ1) is 17.0. The first-order valence-electron chi connectivity index (χ1n) is 12.0. The lowest BCUT2D eigenvalue weighted by molar-refractivity contribution is 0.585. The summed E-state index contributed by atoms with van der Waals surface area (Å²) in [6, 6.07) is 25.3. The van der Waals surface area contributed by atoms with Crippen LogP contribution in [0.1, 0.15) is 40.3 Å². The van der Waals surface area contributed by atoms with Crippen molar-refractivity contribution in [1.82, 2.24) is 4.57 Å². The van der Waals surface area contributed by atoms with E-state index in [0.29, 0.717) is 4.53 Å². The molecule has 2 heterocycles. The molecule has 3 aromatic carbocycles. The van der Waals surface area contributed by atoms with E-state index < -0.39 is 0 Å². The van der Waals surface area contributed by atoms with Gasteiger partial charge in [0, 0.05) is 25.3 Å². The molecule has 174 valence electrons. The second-order valence-corrected chi connectivity index (χ2v) is 10.5. The summed E-state index contributed by atoms with van der Waals surface area (Å²) in [4.78, 5) is 21.8. The Kier molecular flexibility index (Phi) is 5.30. The van der Waals surface area contributed by atoms with E-state index in [9.17, 15) is 4.79 Å². The Morgan fingerprint density at radius 3 is 2.46 bits per heavy atom. The van der Waals surface area contributed by atoms with Gasteiger partial charge in [0.25, 0.3) is 5.56 Å². The van der Waals surface area contributed by atoms with E-state index in [4.69, 9.17) is 4.99 Å². The van der Waals surface area contributed by atoms with E-state index in [1.54, 1.807) is 0 Å². The molecular formula is C30H27N3OS. The van der Waals surface area contributed by atoms with Gasteiger partial charge in [-0.15, -0.1) is 0 Å². The Morgan fingerprint density at radius 2 is 1.71 bits per heavy atom. The standard InChI is InChI=1S/C30H27N3OS/c1-19-8-12-22(13-9-19)28-25-17-14-21-6-4-5-7-24(21)27(25)31-30-33(28)29(34)26(35-30)18-20-10-15-23(16-11-20)32(2)3/h4-13,15-16,18,28H,14,17H2,1-3H3/b26-18-/t28-/m1/s1. The van der Waals surface area contributed by atoms with Crippen molar-refractivity contribution in [3.8, 4) is 0 Å². The van der Waals surface area contributed by atoms with Crippen LogP contribution in [0.2, 0.25) is 0 Å². The molecule has 0 saturated carbocycles. The van der Waals surface area contributed by atoms with Crippen molar-refractivity contribution in [3.05, 3.63) is 126 Å². The normalized spacial score (nSPS) is 16.9. The molecule has 0 saturated heterocycles. The largest absolute Gasteiger partial charge is 0.378 e. The number of hydrogen-bond donors (Lipinski definition) is 0. The molecule has 1 aliphatic carbocycles. The maximum absolute atomic E-state index is 13.8. The summed E-state index contributed by atoms with van der Waals surface area (Å²) >= 11 is 1.48. The van der Waals surface area contributed by atoms with Gasteiger partial charge in [0.15, 0.2) is 4.80 Å². The van der Waals surface area contributed by atoms with E-state index in [1.807, 2.05) is 24.7 Å². The van der Waals surface area contributed by atoms with Crippen LogP contribution in [0.15, 0.2) is 88.2 Å². The van der Waals surface area contributed by atoms with Gasteiger partial charge in [0.1, 0.15) is 0 Å². The highest BCUT2D eigenvalue weighted by atomic mass is 32.1. The highest BCUT2D eigenvalue weighted by molar-refractivity contribution is 7.07. The molecule has 4 nitrogen and oxygen atoms in total. The summed E-state index contributed by atoms with van der Waals surface area (Å²) in [5.74, 6) is 0. The zero-order valence-electron chi connectivity index (χ0n) is 20.2. The van der Waals surface area contributed by atoms with Crippen LogP contribution < -0.4 is 19.8 Å². The third-order valence-electron chi connectivity index (χ3n) is 6.97. The number of aryl methyl sites for hydroxylation is 2. The average Bonchev–Trinajstić information content (AvgIpc) is 3.18. The van der Waals surface area contributed by atoms with Gasteiger partial charge < -0.3 is 4.90 Å². The highest BCUT2D eigenvalue weighted by Crippen LogP contribution is 2.41. The minimum absolute atomic E-state index is 0.0291. The summed E-state index contributed by atoms with van der Waals surface area (Å²) in [5.41, 5.74) is 9.34. The Balaban J connectivity index is 1.57. The second-order valence-electron chi connectivity index (χ2n) is 9.51. The number of anilines is 1. The number of thiazole rings is 1. The zero-order chi connectivity index (χ0) is 24.1. The molecule has 0 spiro atoms. The third kappa shape index (κ3) is 3.76. The summed E-state index contributed by atoms with van der Waals surface area (Å²) in [5, 5.41) is 0. The molecule has 1 aromatic heterocycles. The van der Waals surface area contributed by atoms with Gasteiger partial charge in [-0.3, -0.25) is 9.36 Å². The maximum atomic E-state index is 13.8. The Labute approximate surface area is 208 Å². The van der Waals surface area contributed by atoms with Crippen LogP contribution in [-0.2, 0) is 6.42 Å². The maximum Gasteiger partial charge on any atom is 0.271 e. The van der Waals surface area contributed by atoms with Gasteiger partial charge in [-0.2, -0.15) is 0 Å². The zero-order valence-corrected chi connectivity index (χ0v) is 21.0. The number of benzene rings is 3. The summed E-state index contributed by atoms with van der Waals surface area (Å²) < 4.78 is 2.63. The summed E-state index contributed by atoms with van der Waals surface area (Å²) in [6.07, 6.45) is 3.87. The van der Waals surface area contributed by atoms with Crippen LogP contribution in [0.25, 0.3) is 11.8 Å². The second kappa shape index (κ2) is 8.51. The number of fused-ring (bicyclic) bond motifs is 3. The van der Waals surface area contributed by atoms with Crippen LogP contribution in [0, 0.1) is 6.92 Å². The molecule has 1 aliphatic heterocycles. The van der Waals surface area contributed by atoms with E-state index in [0.717, 1.165) is 40.2 Å². The molecule has 0 bridgehead atoms. The minimum Gasteiger partial charge on any atom is -0.378 e. The van der Waals surface area contributed by atoms with Gasteiger partial charge >= 0.3 is 0 Å². The summed E-state index contributed by atoms with van der Waals surface area (Å²) in [6.45, 7) is 2.10. The number of hydrogen-bond acceptors (Lipinski definition) is 4. The van der Waals surface area contributed by atoms with Crippen molar-refractivity contribution in [2.75, 3.05) is 19.0 Å². The lowest BCUT2D eigenvalue weighted by Gasteiger charge is -2.30. The average molecular weight is 478 g/mol. The molecule has 0 unspecified atom stereocenters. The van der Waals surface area contributed by atoms with Crippen molar-refractivity contribution in [2.45, 2.75) is 25.8 Å². The fourth-order valence-electron chi connectivity index (χ4n) is 5.09. The monoisotopic (exact) mass is 477 g/mol. The van der Waals surface area contributed by atoms with Crippen molar-refractivity contribution in [1.29, 1.82) is 0 Å². The lowest BCUT2D eigenvalue weighted by atomic mass is 9.83. The van der Waals surface area contributed by atoms with Crippen molar-refractivity contribution in [2.24, 2.45) is 4.99 Å². The molecule has 6 rings (SSSR count). The Bertz CT molecular complexity index is 1640. The SMILES string of the molecule is Cc1ccc([C@@H]2C3=C(N=c4s/c(=C\c5ccc(N(C)C)cc5)c(=O)n42)c2ccccc2CC3)cc1. The molecule has 35 heavy (non-hydrogen) atoms. The molecule has 1 atom stereocenters. The Hall–Kier alpha value is -3.70. The first-order valence-corrected chi connectivity index (χ1v) is 12.8. The summed E-state index contributed by atoms with van der Waals surface area (Å²) in [7, 11) is 4.05. The van der Waals surface area contributed by atoms with Gasteiger partial charge in [-0.05, 0) is 60.2 Å². The van der Waals surface area contributed by atoms with Crippen molar-refractivity contribution in [3.63, 3.8) is 0 Å². The molecule has 0 radical (unpaired) electrons. The van der Waals surface area contributed by atoms with Crippen LogP contribution in [0.4, 0.5) is 5.69 Å². The number of allylic oxidation sites excluding steroid dienone is 1. The van der Waals surface area contributed by atoms with Crippen molar-refractivity contribution >= 4 is 28.8 Å².